The van der Waals surface area contributed by atoms with E-state index in [1.54, 1.807) is 18.3 Å². The van der Waals surface area contributed by atoms with Crippen molar-refractivity contribution in [2.24, 2.45) is 0 Å². The lowest BCUT2D eigenvalue weighted by Crippen LogP contribution is -2.12. The lowest BCUT2D eigenvalue weighted by molar-refractivity contribution is 0.102. The molecule has 3 aromatic heterocycles. The lowest BCUT2D eigenvalue weighted by Gasteiger charge is -2.04. The Balaban J connectivity index is 1.72. The van der Waals surface area contributed by atoms with E-state index >= 15 is 0 Å². The van der Waals surface area contributed by atoms with Crippen molar-refractivity contribution < 1.29 is 9.53 Å². The number of aromatic nitrogens is 3. The Morgan fingerprint density at radius 3 is 2.60 bits per heavy atom. The van der Waals surface area contributed by atoms with Gasteiger partial charge in [-0.15, -0.1) is 0 Å². The minimum Gasteiger partial charge on any atom is -0.481 e. The van der Waals surface area contributed by atoms with E-state index in [4.69, 9.17) is 9.72 Å². The molecule has 4 rings (SSSR count). The van der Waals surface area contributed by atoms with Crippen LogP contribution in [0.5, 0.6) is 5.88 Å². The van der Waals surface area contributed by atoms with E-state index in [9.17, 15) is 4.79 Å². The molecule has 0 aliphatic heterocycles. The normalized spacial score (nSPS) is 10.6. The van der Waals surface area contributed by atoms with Crippen LogP contribution in [0.15, 0.2) is 60.9 Å². The number of amides is 1. The molecule has 150 valence electrons. The average molecular weight is 417 g/mol. The molecule has 0 aliphatic carbocycles. The van der Waals surface area contributed by atoms with Crippen molar-refractivity contribution in [1.29, 1.82) is 0 Å². The van der Waals surface area contributed by atoms with Crippen molar-refractivity contribution in [2.75, 3.05) is 12.4 Å². The minimum atomic E-state index is -0.271. The van der Waals surface area contributed by atoms with Gasteiger partial charge in [-0.1, -0.05) is 35.1 Å². The van der Waals surface area contributed by atoms with E-state index in [-0.39, 0.29) is 5.91 Å². The Hall–Kier alpha value is -3.58. The zero-order chi connectivity index (χ0) is 21.1. The average Bonchev–Trinajstić information content (AvgIpc) is 3.17. The molecule has 0 saturated heterocycles. The number of hydrogen-bond donors (Lipinski definition) is 1. The van der Waals surface area contributed by atoms with Gasteiger partial charge in [0.05, 0.1) is 23.2 Å². The number of aryl methyl sites for hydroxylation is 2. The zero-order valence-corrected chi connectivity index (χ0v) is 17.7. The van der Waals surface area contributed by atoms with Crippen LogP contribution < -0.4 is 10.1 Å². The number of anilines is 1. The first-order valence-electron chi connectivity index (χ1n) is 9.36. The quantitative estimate of drug-likeness (QED) is 0.487. The SMILES string of the molecule is COc1ccc(C(=O)Nc2nc(-c3cccc(C)c3)c(-c3ccnc(C)c3)s2)cn1. The van der Waals surface area contributed by atoms with E-state index in [0.717, 1.165) is 33.0 Å². The molecule has 0 unspecified atom stereocenters. The molecule has 0 bridgehead atoms. The highest BCUT2D eigenvalue weighted by atomic mass is 32.1. The molecule has 0 saturated carbocycles. The van der Waals surface area contributed by atoms with Crippen LogP contribution in [0.2, 0.25) is 0 Å². The molecule has 0 atom stereocenters. The van der Waals surface area contributed by atoms with Crippen LogP contribution >= 0.6 is 11.3 Å². The molecular formula is C23H20N4O2S. The molecule has 1 N–H and O–H groups in total. The third-order valence-electron chi connectivity index (χ3n) is 4.51. The number of benzene rings is 1. The highest BCUT2D eigenvalue weighted by Gasteiger charge is 2.18. The first kappa shape index (κ1) is 19.7. The highest BCUT2D eigenvalue weighted by molar-refractivity contribution is 7.19. The summed E-state index contributed by atoms with van der Waals surface area (Å²) < 4.78 is 5.05. The molecule has 1 amide bonds. The van der Waals surface area contributed by atoms with Crippen LogP contribution in [0.3, 0.4) is 0 Å². The fourth-order valence-electron chi connectivity index (χ4n) is 3.05. The monoisotopic (exact) mass is 416 g/mol. The second-order valence-electron chi connectivity index (χ2n) is 6.80. The number of thiazole rings is 1. The molecule has 1 aromatic carbocycles. The van der Waals surface area contributed by atoms with Crippen molar-refractivity contribution in [3.05, 3.63) is 77.7 Å². The maximum absolute atomic E-state index is 12.7. The van der Waals surface area contributed by atoms with E-state index in [2.05, 4.69) is 21.4 Å². The second-order valence-corrected chi connectivity index (χ2v) is 7.79. The van der Waals surface area contributed by atoms with E-state index in [1.807, 2.05) is 44.2 Å². The first-order chi connectivity index (χ1) is 14.5. The van der Waals surface area contributed by atoms with Gasteiger partial charge in [-0.05, 0) is 43.7 Å². The van der Waals surface area contributed by atoms with Crippen LogP contribution in [-0.4, -0.2) is 28.0 Å². The Morgan fingerprint density at radius 2 is 1.90 bits per heavy atom. The molecule has 6 nitrogen and oxygen atoms in total. The van der Waals surface area contributed by atoms with Gasteiger partial charge in [0.15, 0.2) is 5.13 Å². The number of carbonyl (C=O) groups excluding carboxylic acids is 1. The minimum absolute atomic E-state index is 0.271. The maximum Gasteiger partial charge on any atom is 0.259 e. The van der Waals surface area contributed by atoms with Crippen molar-refractivity contribution in [2.45, 2.75) is 13.8 Å². The third-order valence-corrected chi connectivity index (χ3v) is 5.53. The van der Waals surface area contributed by atoms with Gasteiger partial charge in [0.2, 0.25) is 5.88 Å². The Morgan fingerprint density at radius 1 is 1.03 bits per heavy atom. The number of carbonyl (C=O) groups is 1. The highest BCUT2D eigenvalue weighted by Crippen LogP contribution is 2.39. The number of nitrogens with zero attached hydrogens (tertiary/aromatic N) is 3. The molecule has 0 fully saturated rings. The van der Waals surface area contributed by atoms with Crippen LogP contribution in [0.25, 0.3) is 21.7 Å². The third kappa shape index (κ3) is 4.21. The zero-order valence-electron chi connectivity index (χ0n) is 16.8. The van der Waals surface area contributed by atoms with Crippen LogP contribution in [0.1, 0.15) is 21.6 Å². The maximum atomic E-state index is 12.7. The topological polar surface area (TPSA) is 77.0 Å². The Labute approximate surface area is 178 Å². The van der Waals surface area contributed by atoms with Gasteiger partial charge in [0.25, 0.3) is 5.91 Å². The van der Waals surface area contributed by atoms with E-state index < -0.39 is 0 Å². The summed E-state index contributed by atoms with van der Waals surface area (Å²) in [5.41, 5.74) is 5.35. The molecular weight excluding hydrogens is 396 g/mol. The van der Waals surface area contributed by atoms with Crippen molar-refractivity contribution >= 4 is 22.4 Å². The standard InChI is InChI=1S/C23H20N4O2S/c1-14-5-4-6-16(11-14)20-21(17-9-10-24-15(2)12-17)30-23(26-20)27-22(28)18-7-8-19(29-3)25-13-18/h4-13H,1-3H3,(H,26,27,28). The van der Waals surface area contributed by atoms with Crippen LogP contribution in [0, 0.1) is 13.8 Å². The van der Waals surface area contributed by atoms with E-state index in [1.165, 1.54) is 24.6 Å². The number of hydrogen-bond acceptors (Lipinski definition) is 6. The molecule has 4 aromatic rings. The first-order valence-corrected chi connectivity index (χ1v) is 10.2. The summed E-state index contributed by atoms with van der Waals surface area (Å²) in [5, 5.41) is 3.42. The number of nitrogens with one attached hydrogen (secondary N) is 1. The largest absolute Gasteiger partial charge is 0.481 e. The summed E-state index contributed by atoms with van der Waals surface area (Å²) in [7, 11) is 1.53. The summed E-state index contributed by atoms with van der Waals surface area (Å²) in [6.07, 6.45) is 3.27. The van der Waals surface area contributed by atoms with Gasteiger partial charge in [0.1, 0.15) is 0 Å². The summed E-state index contributed by atoms with van der Waals surface area (Å²) in [6, 6.07) is 15.5. The number of ether oxygens (including phenoxy) is 1. The summed E-state index contributed by atoms with van der Waals surface area (Å²) in [5.74, 6) is 0.185. The molecule has 0 radical (unpaired) electrons. The Kier molecular flexibility index (Phi) is 5.54. The molecule has 30 heavy (non-hydrogen) atoms. The molecule has 0 aliphatic rings. The van der Waals surface area contributed by atoms with Gasteiger partial charge in [0, 0.05) is 29.7 Å². The van der Waals surface area contributed by atoms with Crippen molar-refractivity contribution in [3.63, 3.8) is 0 Å². The predicted molar refractivity (Wildman–Crippen MR) is 119 cm³/mol. The molecule has 3 heterocycles. The van der Waals surface area contributed by atoms with E-state index in [0.29, 0.717) is 16.6 Å². The molecule has 7 heteroatoms. The van der Waals surface area contributed by atoms with Crippen molar-refractivity contribution in [3.8, 4) is 27.6 Å². The second kappa shape index (κ2) is 8.42. The van der Waals surface area contributed by atoms with Crippen LogP contribution in [0.4, 0.5) is 5.13 Å². The summed E-state index contributed by atoms with van der Waals surface area (Å²) >= 11 is 1.44. The Bertz CT molecular complexity index is 1140. The lowest BCUT2D eigenvalue weighted by atomic mass is 10.1. The van der Waals surface area contributed by atoms with Gasteiger partial charge in [-0.2, -0.15) is 0 Å². The number of methoxy groups -OCH3 is 1. The fourth-order valence-corrected chi connectivity index (χ4v) is 4.03. The predicted octanol–water partition coefficient (Wildman–Crippen LogP) is 5.14. The summed E-state index contributed by atoms with van der Waals surface area (Å²) in [6.45, 7) is 4.00. The van der Waals surface area contributed by atoms with Gasteiger partial charge >= 0.3 is 0 Å². The van der Waals surface area contributed by atoms with Crippen molar-refractivity contribution in [1.82, 2.24) is 15.0 Å². The van der Waals surface area contributed by atoms with Gasteiger partial charge in [-0.25, -0.2) is 9.97 Å². The van der Waals surface area contributed by atoms with Crippen LogP contribution in [-0.2, 0) is 0 Å². The number of rotatable bonds is 5. The van der Waals surface area contributed by atoms with Gasteiger partial charge in [-0.3, -0.25) is 15.1 Å². The fraction of sp³-hybridized carbons (Fsp3) is 0.130. The van der Waals surface area contributed by atoms with Gasteiger partial charge < -0.3 is 4.74 Å². The number of pyridine rings is 2. The summed E-state index contributed by atoms with van der Waals surface area (Å²) in [4.78, 5) is 26.8. The smallest absolute Gasteiger partial charge is 0.259 e. The molecule has 0 spiro atoms.